The number of hydrogen-bond acceptors (Lipinski definition) is 2. The third-order valence-corrected chi connectivity index (χ3v) is 4.55. The molecule has 1 aliphatic rings. The highest BCUT2D eigenvalue weighted by molar-refractivity contribution is 6.07. The SMILES string of the molecule is Cc1cc(C)c2c(c1)NC(=O)[C@H](C)Oc1ccc3ccccc3c1-2. The standard InChI is InChI=1S/C21H19NO2/c1-12-10-13(2)19-17(11-12)22-21(23)14(3)24-18-9-8-15-6-4-5-7-16(15)20(18)19/h4-11,14H,1-3H3,(H,22,23)/t14-/m0/s1. The number of nitrogens with one attached hydrogen (secondary N) is 1. The molecule has 0 unspecified atom stereocenters. The van der Waals surface area contributed by atoms with Gasteiger partial charge < -0.3 is 10.1 Å². The average Bonchev–Trinajstić information content (AvgIpc) is 2.54. The first-order valence-corrected chi connectivity index (χ1v) is 8.15. The Hall–Kier alpha value is -2.81. The molecule has 1 heterocycles. The van der Waals surface area contributed by atoms with Gasteiger partial charge in [0.15, 0.2) is 6.10 Å². The molecule has 0 aromatic heterocycles. The van der Waals surface area contributed by atoms with Crippen LogP contribution in [0.4, 0.5) is 5.69 Å². The second-order valence-corrected chi connectivity index (χ2v) is 6.41. The van der Waals surface area contributed by atoms with Crippen molar-refractivity contribution in [1.82, 2.24) is 0 Å². The monoisotopic (exact) mass is 317 g/mol. The van der Waals surface area contributed by atoms with Crippen molar-refractivity contribution in [3.8, 4) is 16.9 Å². The van der Waals surface area contributed by atoms with E-state index in [1.807, 2.05) is 37.3 Å². The molecule has 24 heavy (non-hydrogen) atoms. The summed E-state index contributed by atoms with van der Waals surface area (Å²) in [5, 5.41) is 5.32. The summed E-state index contributed by atoms with van der Waals surface area (Å²) in [5.41, 5.74) is 5.19. The van der Waals surface area contributed by atoms with Crippen molar-refractivity contribution in [3.05, 3.63) is 59.7 Å². The third-order valence-electron chi connectivity index (χ3n) is 4.55. The summed E-state index contributed by atoms with van der Waals surface area (Å²) in [7, 11) is 0. The fraction of sp³-hybridized carbons (Fsp3) is 0.190. The maximum Gasteiger partial charge on any atom is 0.265 e. The van der Waals surface area contributed by atoms with Gasteiger partial charge in [-0.15, -0.1) is 0 Å². The predicted octanol–water partition coefficient (Wildman–Crippen LogP) is 4.84. The van der Waals surface area contributed by atoms with Crippen LogP contribution in [0, 0.1) is 13.8 Å². The van der Waals surface area contributed by atoms with Crippen LogP contribution >= 0.6 is 0 Å². The normalized spacial score (nSPS) is 16.5. The Labute approximate surface area is 141 Å². The number of hydrogen-bond donors (Lipinski definition) is 1. The number of ether oxygens (including phenoxy) is 1. The molecule has 0 saturated carbocycles. The minimum absolute atomic E-state index is 0.125. The summed E-state index contributed by atoms with van der Waals surface area (Å²) >= 11 is 0. The lowest BCUT2D eigenvalue weighted by Crippen LogP contribution is -2.31. The maximum absolute atomic E-state index is 12.4. The summed E-state index contributed by atoms with van der Waals surface area (Å²) in [6, 6.07) is 16.5. The summed E-state index contributed by atoms with van der Waals surface area (Å²) in [4.78, 5) is 12.4. The molecule has 0 spiro atoms. The van der Waals surface area contributed by atoms with E-state index in [1.165, 1.54) is 0 Å². The Morgan fingerprint density at radius 2 is 1.79 bits per heavy atom. The number of rotatable bonds is 0. The zero-order chi connectivity index (χ0) is 16.8. The highest BCUT2D eigenvalue weighted by atomic mass is 16.5. The smallest absolute Gasteiger partial charge is 0.265 e. The molecule has 0 saturated heterocycles. The van der Waals surface area contributed by atoms with Crippen LogP contribution in [0.15, 0.2) is 48.5 Å². The number of carbonyl (C=O) groups excluding carboxylic acids is 1. The van der Waals surface area contributed by atoms with Gasteiger partial charge in [-0.1, -0.05) is 36.4 Å². The molecule has 0 fully saturated rings. The molecule has 3 aromatic carbocycles. The van der Waals surface area contributed by atoms with E-state index in [1.54, 1.807) is 6.92 Å². The van der Waals surface area contributed by atoms with Crippen molar-refractivity contribution < 1.29 is 9.53 Å². The number of carbonyl (C=O) groups is 1. The highest BCUT2D eigenvalue weighted by Gasteiger charge is 2.25. The molecule has 3 nitrogen and oxygen atoms in total. The summed E-state index contributed by atoms with van der Waals surface area (Å²) in [6.07, 6.45) is -0.543. The third kappa shape index (κ3) is 2.24. The zero-order valence-corrected chi connectivity index (χ0v) is 14.0. The van der Waals surface area contributed by atoms with Gasteiger partial charge in [0.05, 0.1) is 0 Å². The van der Waals surface area contributed by atoms with E-state index >= 15 is 0 Å². The van der Waals surface area contributed by atoms with Crippen LogP contribution in [0.2, 0.25) is 0 Å². The molecule has 3 heteroatoms. The van der Waals surface area contributed by atoms with Crippen molar-refractivity contribution in [1.29, 1.82) is 0 Å². The van der Waals surface area contributed by atoms with Crippen LogP contribution in [-0.2, 0) is 4.79 Å². The molecule has 1 atom stereocenters. The largest absolute Gasteiger partial charge is 0.480 e. The second kappa shape index (κ2) is 5.38. The first kappa shape index (κ1) is 14.8. The summed E-state index contributed by atoms with van der Waals surface area (Å²) in [6.45, 7) is 5.90. The molecule has 1 aliphatic heterocycles. The first-order valence-electron chi connectivity index (χ1n) is 8.15. The molecule has 3 aromatic rings. The molecule has 0 radical (unpaired) electrons. The number of fused-ring (bicyclic) bond motifs is 5. The number of benzene rings is 3. The number of amides is 1. The first-order chi connectivity index (χ1) is 11.5. The second-order valence-electron chi connectivity index (χ2n) is 6.41. The van der Waals surface area contributed by atoms with Crippen LogP contribution in [0.25, 0.3) is 21.9 Å². The van der Waals surface area contributed by atoms with E-state index in [4.69, 9.17) is 4.74 Å². The van der Waals surface area contributed by atoms with Gasteiger partial charge in [0.1, 0.15) is 5.75 Å². The minimum Gasteiger partial charge on any atom is -0.480 e. The van der Waals surface area contributed by atoms with Gasteiger partial charge in [0, 0.05) is 16.8 Å². The fourth-order valence-corrected chi connectivity index (χ4v) is 3.48. The molecule has 0 aliphatic carbocycles. The minimum atomic E-state index is -0.543. The van der Waals surface area contributed by atoms with Gasteiger partial charge in [-0.2, -0.15) is 0 Å². The Kier molecular flexibility index (Phi) is 3.31. The summed E-state index contributed by atoms with van der Waals surface area (Å²) < 4.78 is 5.99. The molecular formula is C21H19NO2. The molecule has 1 N–H and O–H groups in total. The summed E-state index contributed by atoms with van der Waals surface area (Å²) in [5.74, 6) is 0.629. The van der Waals surface area contributed by atoms with E-state index in [-0.39, 0.29) is 5.91 Å². The van der Waals surface area contributed by atoms with Crippen molar-refractivity contribution in [2.45, 2.75) is 26.9 Å². The van der Waals surface area contributed by atoms with Crippen molar-refractivity contribution in [3.63, 3.8) is 0 Å². The lowest BCUT2D eigenvalue weighted by molar-refractivity contribution is -0.122. The van der Waals surface area contributed by atoms with Gasteiger partial charge in [-0.25, -0.2) is 0 Å². The van der Waals surface area contributed by atoms with E-state index in [0.717, 1.165) is 44.5 Å². The number of aryl methyl sites for hydroxylation is 2. The van der Waals surface area contributed by atoms with Crippen LogP contribution in [0.1, 0.15) is 18.1 Å². The van der Waals surface area contributed by atoms with E-state index in [9.17, 15) is 4.79 Å². The highest BCUT2D eigenvalue weighted by Crippen LogP contribution is 2.44. The van der Waals surface area contributed by atoms with Gasteiger partial charge >= 0.3 is 0 Å². The lowest BCUT2D eigenvalue weighted by atomic mass is 9.91. The van der Waals surface area contributed by atoms with Gasteiger partial charge in [-0.3, -0.25) is 4.79 Å². The Morgan fingerprint density at radius 1 is 1.00 bits per heavy atom. The molecule has 4 rings (SSSR count). The Balaban J connectivity index is 2.14. The zero-order valence-electron chi connectivity index (χ0n) is 14.0. The van der Waals surface area contributed by atoms with Crippen molar-refractivity contribution >= 4 is 22.4 Å². The van der Waals surface area contributed by atoms with Crippen LogP contribution in [-0.4, -0.2) is 12.0 Å². The fourth-order valence-electron chi connectivity index (χ4n) is 3.48. The molecule has 1 amide bonds. The van der Waals surface area contributed by atoms with Gasteiger partial charge in [-0.05, 0) is 54.8 Å². The Morgan fingerprint density at radius 3 is 2.62 bits per heavy atom. The van der Waals surface area contributed by atoms with Crippen molar-refractivity contribution in [2.75, 3.05) is 5.32 Å². The average molecular weight is 317 g/mol. The molecule has 120 valence electrons. The van der Waals surface area contributed by atoms with E-state index in [0.29, 0.717) is 0 Å². The van der Waals surface area contributed by atoms with Crippen LogP contribution in [0.3, 0.4) is 0 Å². The topological polar surface area (TPSA) is 38.3 Å². The predicted molar refractivity (Wildman–Crippen MR) is 97.6 cm³/mol. The van der Waals surface area contributed by atoms with Crippen LogP contribution < -0.4 is 10.1 Å². The van der Waals surface area contributed by atoms with E-state index < -0.39 is 6.10 Å². The lowest BCUT2D eigenvalue weighted by Gasteiger charge is -2.25. The number of anilines is 1. The quantitative estimate of drug-likeness (QED) is 0.644. The Bertz CT molecular complexity index is 975. The van der Waals surface area contributed by atoms with Gasteiger partial charge in [0.2, 0.25) is 0 Å². The molecular weight excluding hydrogens is 298 g/mol. The maximum atomic E-state index is 12.4. The molecule has 0 bridgehead atoms. The van der Waals surface area contributed by atoms with Crippen LogP contribution in [0.5, 0.6) is 5.75 Å². The van der Waals surface area contributed by atoms with Gasteiger partial charge in [0.25, 0.3) is 5.91 Å². The van der Waals surface area contributed by atoms with Crippen molar-refractivity contribution in [2.24, 2.45) is 0 Å². The van der Waals surface area contributed by atoms with E-state index in [2.05, 4.69) is 30.4 Å².